The highest BCUT2D eigenvalue weighted by Gasteiger charge is 2.34. The Bertz CT molecular complexity index is 236. The second-order valence-corrected chi connectivity index (χ2v) is 2.87. The molecule has 3 N–H and O–H groups in total. The number of carboxylic acids is 1. The van der Waals surface area contributed by atoms with Crippen molar-refractivity contribution in [2.24, 2.45) is 11.7 Å². The van der Waals surface area contributed by atoms with E-state index in [-0.39, 0.29) is 18.4 Å². The van der Waals surface area contributed by atoms with E-state index >= 15 is 0 Å². The van der Waals surface area contributed by atoms with Crippen LogP contribution < -0.4 is 5.73 Å². The summed E-state index contributed by atoms with van der Waals surface area (Å²) in [6.45, 7) is 0. The fraction of sp³-hybridized carbons (Fsp3) is 0.571. The van der Waals surface area contributed by atoms with Crippen LogP contribution in [0, 0.1) is 5.92 Å². The molecule has 0 heterocycles. The largest absolute Gasteiger partial charge is 0.481 e. The Morgan fingerprint density at radius 1 is 1.58 bits per heavy atom. The van der Waals surface area contributed by atoms with Crippen LogP contribution in [0.4, 0.5) is 8.78 Å². The van der Waals surface area contributed by atoms with Gasteiger partial charge in [-0.25, -0.2) is 0 Å². The van der Waals surface area contributed by atoms with E-state index in [0.717, 1.165) is 0 Å². The van der Waals surface area contributed by atoms with E-state index in [9.17, 15) is 13.6 Å². The lowest BCUT2D eigenvalue weighted by Gasteiger charge is -2.00. The number of hydrogen-bond donors (Lipinski definition) is 2. The maximum atomic E-state index is 12.0. The first-order valence-electron chi connectivity index (χ1n) is 3.54. The molecule has 12 heavy (non-hydrogen) atoms. The molecule has 0 spiro atoms. The van der Waals surface area contributed by atoms with Gasteiger partial charge in [0.25, 0.3) is 6.08 Å². The lowest BCUT2D eigenvalue weighted by Crippen LogP contribution is -2.19. The SMILES string of the molecule is N[C@H]1CC(C(=O)O)CC1=C(F)F. The third-order valence-electron chi connectivity index (χ3n) is 2.04. The summed E-state index contributed by atoms with van der Waals surface area (Å²) in [6.07, 6.45) is -1.83. The van der Waals surface area contributed by atoms with Crippen molar-refractivity contribution in [3.05, 3.63) is 11.7 Å². The molecule has 0 aliphatic heterocycles. The highest BCUT2D eigenvalue weighted by Crippen LogP contribution is 2.32. The molecule has 0 saturated heterocycles. The van der Waals surface area contributed by atoms with Crippen molar-refractivity contribution in [2.75, 3.05) is 0 Å². The maximum absolute atomic E-state index is 12.0. The first-order valence-corrected chi connectivity index (χ1v) is 3.54. The fourth-order valence-electron chi connectivity index (χ4n) is 1.35. The molecule has 1 aliphatic rings. The second kappa shape index (κ2) is 3.18. The average molecular weight is 177 g/mol. The number of halogens is 2. The van der Waals surface area contributed by atoms with E-state index < -0.39 is 24.0 Å². The smallest absolute Gasteiger partial charge is 0.306 e. The van der Waals surface area contributed by atoms with Crippen LogP contribution in [0.25, 0.3) is 0 Å². The normalized spacial score (nSPS) is 29.1. The van der Waals surface area contributed by atoms with Crippen LogP contribution >= 0.6 is 0 Å². The molecule has 0 bridgehead atoms. The summed E-state index contributed by atoms with van der Waals surface area (Å²) in [7, 11) is 0. The highest BCUT2D eigenvalue weighted by molar-refractivity contribution is 5.71. The molecule has 0 amide bonds. The number of carboxylic acid groups (broad SMARTS) is 1. The topological polar surface area (TPSA) is 63.3 Å². The molecule has 1 rings (SSSR count). The van der Waals surface area contributed by atoms with E-state index in [4.69, 9.17) is 10.8 Å². The molecule has 3 nitrogen and oxygen atoms in total. The average Bonchev–Trinajstić information content (AvgIpc) is 2.30. The van der Waals surface area contributed by atoms with Gasteiger partial charge in [-0.05, 0) is 12.8 Å². The van der Waals surface area contributed by atoms with Gasteiger partial charge in [-0.15, -0.1) is 0 Å². The molecular formula is C7H9F2NO2. The minimum atomic E-state index is -1.83. The van der Waals surface area contributed by atoms with Crippen LogP contribution in [-0.2, 0) is 4.79 Å². The van der Waals surface area contributed by atoms with Gasteiger partial charge in [-0.3, -0.25) is 4.79 Å². The molecule has 1 unspecified atom stereocenters. The van der Waals surface area contributed by atoms with Crippen LogP contribution in [-0.4, -0.2) is 17.1 Å². The van der Waals surface area contributed by atoms with E-state index in [1.54, 1.807) is 0 Å². The summed E-state index contributed by atoms with van der Waals surface area (Å²) in [5, 5.41) is 8.51. The van der Waals surface area contributed by atoms with E-state index in [1.807, 2.05) is 0 Å². The molecule has 0 radical (unpaired) electrons. The summed E-state index contributed by atoms with van der Waals surface area (Å²) in [5.41, 5.74) is 5.10. The molecule has 2 atom stereocenters. The number of hydrogen-bond acceptors (Lipinski definition) is 2. The van der Waals surface area contributed by atoms with Crippen molar-refractivity contribution >= 4 is 5.97 Å². The van der Waals surface area contributed by atoms with Crippen molar-refractivity contribution in [3.8, 4) is 0 Å². The van der Waals surface area contributed by atoms with Gasteiger partial charge in [0, 0.05) is 11.6 Å². The van der Waals surface area contributed by atoms with Crippen LogP contribution in [0.2, 0.25) is 0 Å². The highest BCUT2D eigenvalue weighted by atomic mass is 19.3. The van der Waals surface area contributed by atoms with Crippen molar-refractivity contribution < 1.29 is 18.7 Å². The lowest BCUT2D eigenvalue weighted by molar-refractivity contribution is -0.141. The summed E-state index contributed by atoms with van der Waals surface area (Å²) < 4.78 is 24.1. The third kappa shape index (κ3) is 1.61. The summed E-state index contributed by atoms with van der Waals surface area (Å²) in [5.74, 6) is -1.79. The Morgan fingerprint density at radius 3 is 2.42 bits per heavy atom. The number of rotatable bonds is 1. The number of nitrogens with two attached hydrogens (primary N) is 1. The molecule has 5 heteroatoms. The van der Waals surface area contributed by atoms with Gasteiger partial charge >= 0.3 is 5.97 Å². The molecular weight excluding hydrogens is 168 g/mol. The predicted molar refractivity (Wildman–Crippen MR) is 37.6 cm³/mol. The fourth-order valence-corrected chi connectivity index (χ4v) is 1.35. The van der Waals surface area contributed by atoms with Gasteiger partial charge < -0.3 is 10.8 Å². The van der Waals surface area contributed by atoms with Crippen LogP contribution in [0.5, 0.6) is 0 Å². The quantitative estimate of drug-likeness (QED) is 0.627. The van der Waals surface area contributed by atoms with E-state index in [1.165, 1.54) is 0 Å². The van der Waals surface area contributed by atoms with Gasteiger partial charge in [-0.1, -0.05) is 0 Å². The Morgan fingerprint density at radius 2 is 2.17 bits per heavy atom. The van der Waals surface area contributed by atoms with Crippen LogP contribution in [0.1, 0.15) is 12.8 Å². The molecule has 1 aliphatic carbocycles. The standard InChI is InChI=1S/C7H9F2NO2/c8-6(9)4-1-3(7(11)12)2-5(4)10/h3,5H,1-2,10H2,(H,11,12)/t3?,5-/m0/s1. The van der Waals surface area contributed by atoms with Gasteiger partial charge in [0.1, 0.15) is 0 Å². The van der Waals surface area contributed by atoms with Crippen molar-refractivity contribution in [2.45, 2.75) is 18.9 Å². The van der Waals surface area contributed by atoms with E-state index in [2.05, 4.69) is 0 Å². The van der Waals surface area contributed by atoms with E-state index in [0.29, 0.717) is 0 Å². The Hall–Kier alpha value is -0.970. The lowest BCUT2D eigenvalue weighted by atomic mass is 10.1. The predicted octanol–water partition coefficient (Wildman–Crippen LogP) is 0.959. The molecule has 68 valence electrons. The minimum absolute atomic E-state index is 0.112. The van der Waals surface area contributed by atoms with Gasteiger partial charge in [-0.2, -0.15) is 8.78 Å². The summed E-state index contributed by atoms with van der Waals surface area (Å²) in [4.78, 5) is 10.4. The van der Waals surface area contributed by atoms with Gasteiger partial charge in [0.05, 0.1) is 5.92 Å². The second-order valence-electron chi connectivity index (χ2n) is 2.87. The number of carbonyl (C=O) groups is 1. The first-order chi connectivity index (χ1) is 5.52. The molecule has 0 aromatic carbocycles. The molecule has 1 saturated carbocycles. The Kier molecular flexibility index (Phi) is 2.42. The maximum Gasteiger partial charge on any atom is 0.306 e. The van der Waals surface area contributed by atoms with Crippen molar-refractivity contribution in [1.29, 1.82) is 0 Å². The zero-order chi connectivity index (χ0) is 9.30. The van der Waals surface area contributed by atoms with Crippen molar-refractivity contribution in [3.63, 3.8) is 0 Å². The first kappa shape index (κ1) is 9.12. The minimum Gasteiger partial charge on any atom is -0.481 e. The zero-order valence-corrected chi connectivity index (χ0v) is 6.26. The van der Waals surface area contributed by atoms with Crippen LogP contribution in [0.3, 0.4) is 0 Å². The monoisotopic (exact) mass is 177 g/mol. The Balaban J connectivity index is 2.76. The van der Waals surface area contributed by atoms with Crippen molar-refractivity contribution in [1.82, 2.24) is 0 Å². The Labute approximate surface area is 67.9 Å². The number of aliphatic carboxylic acids is 1. The summed E-state index contributed by atoms with van der Waals surface area (Å²) >= 11 is 0. The summed E-state index contributed by atoms with van der Waals surface area (Å²) in [6, 6.07) is -0.781. The van der Waals surface area contributed by atoms with Gasteiger partial charge in [0.15, 0.2) is 0 Å². The zero-order valence-electron chi connectivity index (χ0n) is 6.26. The third-order valence-corrected chi connectivity index (χ3v) is 2.04. The molecule has 0 aromatic heterocycles. The van der Waals surface area contributed by atoms with Crippen LogP contribution in [0.15, 0.2) is 11.7 Å². The van der Waals surface area contributed by atoms with Gasteiger partial charge in [0.2, 0.25) is 0 Å². The molecule has 1 fully saturated rings. The molecule has 0 aromatic rings.